The van der Waals surface area contributed by atoms with Crippen LogP contribution < -0.4 is 20.1 Å². The number of amides is 2. The van der Waals surface area contributed by atoms with Gasteiger partial charge in [0.15, 0.2) is 11.5 Å². The van der Waals surface area contributed by atoms with Gasteiger partial charge in [-0.05, 0) is 55.5 Å². The van der Waals surface area contributed by atoms with Gasteiger partial charge in [0.1, 0.15) is 6.04 Å². The Morgan fingerprint density at radius 1 is 1.00 bits per heavy atom. The van der Waals surface area contributed by atoms with Crippen LogP contribution in [0.15, 0.2) is 42.5 Å². The first-order chi connectivity index (χ1) is 13.8. The van der Waals surface area contributed by atoms with E-state index < -0.39 is 6.04 Å². The molecule has 0 bridgehead atoms. The maximum Gasteiger partial charge on any atom is 0.252 e. The smallest absolute Gasteiger partial charge is 0.252 e. The zero-order chi connectivity index (χ0) is 21.0. The molecule has 0 aromatic heterocycles. The Morgan fingerprint density at radius 2 is 1.72 bits per heavy atom. The molecule has 29 heavy (non-hydrogen) atoms. The number of carbonyl (C=O) groups is 2. The normalized spacial score (nSPS) is 14.4. The Kier molecular flexibility index (Phi) is 6.42. The molecule has 154 valence electrons. The Balaban J connectivity index is 1.70. The van der Waals surface area contributed by atoms with Crippen LogP contribution in [0, 0.1) is 12.8 Å². The Labute approximate surface area is 171 Å². The first kappa shape index (κ1) is 20.7. The number of hydrogen-bond donors (Lipinski definition) is 2. The van der Waals surface area contributed by atoms with Gasteiger partial charge in [0, 0.05) is 5.56 Å². The average molecular weight is 396 g/mol. The van der Waals surface area contributed by atoms with Gasteiger partial charge >= 0.3 is 0 Å². The molecule has 1 aliphatic heterocycles. The lowest BCUT2D eigenvalue weighted by molar-refractivity contribution is -0.124. The Morgan fingerprint density at radius 3 is 2.45 bits per heavy atom. The number of hydrogen-bond acceptors (Lipinski definition) is 4. The SMILES string of the molecule is Cc1ccccc1C(=O)N[C@@H](CC(C)C)C(=O)N[C@@H](C)c1ccc2c(c1)OCO2. The number of ether oxygens (including phenoxy) is 2. The largest absolute Gasteiger partial charge is 0.454 e. The van der Waals surface area contributed by atoms with Crippen LogP contribution in [0.3, 0.4) is 0 Å². The van der Waals surface area contributed by atoms with E-state index in [1.54, 1.807) is 6.07 Å². The molecule has 0 saturated heterocycles. The van der Waals surface area contributed by atoms with E-state index in [-0.39, 0.29) is 30.6 Å². The van der Waals surface area contributed by atoms with Crippen molar-refractivity contribution < 1.29 is 19.1 Å². The summed E-state index contributed by atoms with van der Waals surface area (Å²) >= 11 is 0. The van der Waals surface area contributed by atoms with E-state index in [0.717, 1.165) is 11.1 Å². The highest BCUT2D eigenvalue weighted by molar-refractivity contribution is 5.98. The van der Waals surface area contributed by atoms with Gasteiger partial charge in [-0.3, -0.25) is 9.59 Å². The molecular weight excluding hydrogens is 368 g/mol. The van der Waals surface area contributed by atoms with E-state index in [0.29, 0.717) is 23.5 Å². The van der Waals surface area contributed by atoms with Crippen LogP contribution in [0.4, 0.5) is 0 Å². The number of rotatable bonds is 7. The maximum absolute atomic E-state index is 13.0. The highest BCUT2D eigenvalue weighted by atomic mass is 16.7. The van der Waals surface area contributed by atoms with Gasteiger partial charge in [0.05, 0.1) is 6.04 Å². The van der Waals surface area contributed by atoms with Crippen LogP contribution in [0.25, 0.3) is 0 Å². The molecule has 0 aliphatic carbocycles. The lowest BCUT2D eigenvalue weighted by atomic mass is 10.0. The molecule has 0 spiro atoms. The monoisotopic (exact) mass is 396 g/mol. The van der Waals surface area contributed by atoms with Crippen molar-refractivity contribution in [1.29, 1.82) is 0 Å². The molecule has 6 heteroatoms. The predicted molar refractivity (Wildman–Crippen MR) is 111 cm³/mol. The van der Waals surface area contributed by atoms with Crippen molar-refractivity contribution in [3.63, 3.8) is 0 Å². The number of fused-ring (bicyclic) bond motifs is 1. The van der Waals surface area contributed by atoms with E-state index in [1.165, 1.54) is 0 Å². The zero-order valence-electron chi connectivity index (χ0n) is 17.3. The molecule has 3 rings (SSSR count). The van der Waals surface area contributed by atoms with Crippen LogP contribution in [-0.2, 0) is 4.79 Å². The Hall–Kier alpha value is -3.02. The minimum Gasteiger partial charge on any atom is -0.454 e. The molecule has 0 saturated carbocycles. The highest BCUT2D eigenvalue weighted by Crippen LogP contribution is 2.34. The molecule has 1 heterocycles. The molecule has 6 nitrogen and oxygen atoms in total. The minimum absolute atomic E-state index is 0.203. The fraction of sp³-hybridized carbons (Fsp3) is 0.391. The van der Waals surface area contributed by atoms with E-state index in [2.05, 4.69) is 10.6 Å². The Bertz CT molecular complexity index is 894. The van der Waals surface area contributed by atoms with Gasteiger partial charge in [0.25, 0.3) is 5.91 Å². The molecule has 2 aromatic rings. The molecule has 2 aromatic carbocycles. The highest BCUT2D eigenvalue weighted by Gasteiger charge is 2.25. The van der Waals surface area contributed by atoms with E-state index in [9.17, 15) is 9.59 Å². The molecule has 0 unspecified atom stereocenters. The molecule has 2 N–H and O–H groups in total. The quantitative estimate of drug-likeness (QED) is 0.747. The van der Waals surface area contributed by atoms with Crippen LogP contribution in [-0.4, -0.2) is 24.6 Å². The van der Waals surface area contributed by atoms with Crippen molar-refractivity contribution in [3.8, 4) is 11.5 Å². The minimum atomic E-state index is -0.612. The third kappa shape index (κ3) is 5.08. The molecule has 0 fully saturated rings. The van der Waals surface area contributed by atoms with Crippen molar-refractivity contribution in [2.45, 2.75) is 46.2 Å². The maximum atomic E-state index is 13.0. The molecule has 2 atom stereocenters. The molecule has 2 amide bonds. The van der Waals surface area contributed by atoms with Crippen LogP contribution in [0.5, 0.6) is 11.5 Å². The topological polar surface area (TPSA) is 76.7 Å². The zero-order valence-corrected chi connectivity index (χ0v) is 17.3. The van der Waals surface area contributed by atoms with E-state index in [1.807, 2.05) is 64.1 Å². The summed E-state index contributed by atoms with van der Waals surface area (Å²) < 4.78 is 10.7. The second-order valence-corrected chi connectivity index (χ2v) is 7.81. The summed E-state index contributed by atoms with van der Waals surface area (Å²) in [6, 6.07) is 12.1. The van der Waals surface area contributed by atoms with Crippen molar-refractivity contribution >= 4 is 11.8 Å². The van der Waals surface area contributed by atoms with Crippen molar-refractivity contribution in [1.82, 2.24) is 10.6 Å². The summed E-state index contributed by atoms with van der Waals surface area (Å²) in [6.45, 7) is 8.06. The fourth-order valence-corrected chi connectivity index (χ4v) is 3.35. The number of carbonyl (C=O) groups excluding carboxylic acids is 2. The van der Waals surface area contributed by atoms with E-state index >= 15 is 0 Å². The first-order valence-electron chi connectivity index (χ1n) is 9.91. The van der Waals surface area contributed by atoms with Crippen LogP contribution >= 0.6 is 0 Å². The van der Waals surface area contributed by atoms with Gasteiger partial charge in [-0.2, -0.15) is 0 Å². The van der Waals surface area contributed by atoms with Crippen molar-refractivity contribution in [2.24, 2.45) is 5.92 Å². The lowest BCUT2D eigenvalue weighted by Gasteiger charge is -2.23. The molecular formula is C23H28N2O4. The molecule has 0 radical (unpaired) electrons. The van der Waals surface area contributed by atoms with Crippen LogP contribution in [0.1, 0.15) is 54.7 Å². The van der Waals surface area contributed by atoms with Crippen LogP contribution in [0.2, 0.25) is 0 Å². The predicted octanol–water partition coefficient (Wildman–Crippen LogP) is 3.75. The number of aryl methyl sites for hydroxylation is 1. The summed E-state index contributed by atoms with van der Waals surface area (Å²) in [5.74, 6) is 1.19. The van der Waals surface area contributed by atoms with E-state index in [4.69, 9.17) is 9.47 Å². The molecule has 1 aliphatic rings. The average Bonchev–Trinajstić information content (AvgIpc) is 3.15. The van der Waals surface area contributed by atoms with Gasteiger partial charge in [-0.15, -0.1) is 0 Å². The van der Waals surface area contributed by atoms with Crippen molar-refractivity contribution in [2.75, 3.05) is 6.79 Å². The third-order valence-corrected chi connectivity index (χ3v) is 4.97. The summed E-state index contributed by atoms with van der Waals surface area (Å²) in [5.41, 5.74) is 2.37. The van der Waals surface area contributed by atoms with Gasteiger partial charge in [0.2, 0.25) is 12.7 Å². The van der Waals surface area contributed by atoms with Crippen molar-refractivity contribution in [3.05, 3.63) is 59.2 Å². The number of benzene rings is 2. The second-order valence-electron chi connectivity index (χ2n) is 7.81. The first-order valence-corrected chi connectivity index (χ1v) is 9.91. The third-order valence-electron chi connectivity index (χ3n) is 4.97. The van der Waals surface area contributed by atoms with Gasteiger partial charge < -0.3 is 20.1 Å². The summed E-state index contributed by atoms with van der Waals surface area (Å²) in [7, 11) is 0. The number of nitrogens with one attached hydrogen (secondary N) is 2. The lowest BCUT2D eigenvalue weighted by Crippen LogP contribution is -2.48. The summed E-state index contributed by atoms with van der Waals surface area (Å²) in [6.07, 6.45) is 0.553. The second kappa shape index (κ2) is 8.99. The van der Waals surface area contributed by atoms with Gasteiger partial charge in [-0.25, -0.2) is 0 Å². The summed E-state index contributed by atoms with van der Waals surface area (Å²) in [5, 5.41) is 5.92. The fourth-order valence-electron chi connectivity index (χ4n) is 3.35. The van der Waals surface area contributed by atoms with Gasteiger partial charge in [-0.1, -0.05) is 38.1 Å². The standard InChI is InChI=1S/C23H28N2O4/c1-14(2)11-19(25-22(26)18-8-6-5-7-15(18)3)23(27)24-16(4)17-9-10-20-21(12-17)29-13-28-20/h5-10,12,14,16,19H,11,13H2,1-4H3,(H,24,27)(H,25,26)/t16-,19-/m0/s1. The summed E-state index contributed by atoms with van der Waals surface area (Å²) in [4.78, 5) is 25.7.